The molecule has 0 N–H and O–H groups in total. The Hall–Kier alpha value is -3.26. The van der Waals surface area contributed by atoms with Crippen molar-refractivity contribution >= 4 is 32.6 Å². The topological polar surface area (TPSA) is 17.8 Å². The number of aryl methyl sites for hydroxylation is 1. The van der Waals surface area contributed by atoms with Gasteiger partial charge in [-0.1, -0.05) is 95.2 Å². The molecular formula is C28H19IrN2-. The molecule has 0 aliphatic heterocycles. The predicted molar refractivity (Wildman–Crippen MR) is 125 cm³/mol. The molecule has 6 rings (SSSR count). The number of benzene rings is 5. The van der Waals surface area contributed by atoms with Crippen molar-refractivity contribution in [3.05, 3.63) is 103 Å². The molecule has 0 aliphatic rings. The van der Waals surface area contributed by atoms with E-state index in [1.165, 1.54) is 38.4 Å². The second-order valence-corrected chi connectivity index (χ2v) is 7.65. The van der Waals surface area contributed by atoms with E-state index in [1.807, 2.05) is 12.4 Å². The first kappa shape index (κ1) is 19.7. The minimum atomic E-state index is 0. The number of imidazole rings is 1. The summed E-state index contributed by atoms with van der Waals surface area (Å²) in [5, 5.41) is 4.74. The van der Waals surface area contributed by atoms with Gasteiger partial charge in [0.05, 0.1) is 6.33 Å². The van der Waals surface area contributed by atoms with Crippen molar-refractivity contribution in [2.24, 2.45) is 7.05 Å². The molecule has 0 saturated heterocycles. The molecule has 0 amide bonds. The van der Waals surface area contributed by atoms with Crippen LogP contribution in [0.3, 0.4) is 0 Å². The summed E-state index contributed by atoms with van der Waals surface area (Å²) in [7, 11) is 2.06. The van der Waals surface area contributed by atoms with E-state index >= 15 is 0 Å². The number of nitrogens with zero attached hydrogens (tertiary/aromatic N) is 2. The van der Waals surface area contributed by atoms with Crippen LogP contribution in [0.5, 0.6) is 0 Å². The monoisotopic (exact) mass is 576 g/mol. The fourth-order valence-electron chi connectivity index (χ4n) is 4.62. The zero-order valence-corrected chi connectivity index (χ0v) is 19.4. The average Bonchev–Trinajstić information content (AvgIpc) is 3.21. The van der Waals surface area contributed by atoms with Gasteiger partial charge in [-0.15, -0.1) is 23.6 Å². The van der Waals surface area contributed by atoms with Gasteiger partial charge in [-0.2, -0.15) is 0 Å². The molecule has 6 aromatic rings. The largest absolute Gasteiger partial charge is 0.342 e. The maximum absolute atomic E-state index is 4.74. The van der Waals surface area contributed by atoms with Crippen LogP contribution in [-0.4, -0.2) is 9.55 Å². The molecule has 5 aromatic carbocycles. The van der Waals surface area contributed by atoms with Crippen LogP contribution in [0.2, 0.25) is 0 Å². The summed E-state index contributed by atoms with van der Waals surface area (Å²) in [4.78, 5) is 4.74. The fourth-order valence-corrected chi connectivity index (χ4v) is 4.62. The van der Waals surface area contributed by atoms with Gasteiger partial charge in [-0.3, -0.25) is 4.98 Å². The molecule has 151 valence electrons. The third-order valence-corrected chi connectivity index (χ3v) is 5.92. The van der Waals surface area contributed by atoms with Crippen LogP contribution in [0.25, 0.3) is 54.8 Å². The maximum Gasteiger partial charge on any atom is 0.0840 e. The Balaban J connectivity index is 0.00000204. The van der Waals surface area contributed by atoms with Crippen molar-refractivity contribution in [3.8, 4) is 22.3 Å². The van der Waals surface area contributed by atoms with Gasteiger partial charge < -0.3 is 4.57 Å². The Kier molecular flexibility index (Phi) is 4.94. The van der Waals surface area contributed by atoms with Crippen LogP contribution < -0.4 is 0 Å². The van der Waals surface area contributed by atoms with Crippen molar-refractivity contribution in [1.82, 2.24) is 9.55 Å². The maximum atomic E-state index is 4.74. The molecular weight excluding hydrogens is 557 g/mol. The van der Waals surface area contributed by atoms with Gasteiger partial charge >= 0.3 is 0 Å². The van der Waals surface area contributed by atoms with Gasteiger partial charge in [0.15, 0.2) is 0 Å². The molecule has 0 unspecified atom stereocenters. The molecule has 0 aliphatic carbocycles. The van der Waals surface area contributed by atoms with Crippen LogP contribution in [-0.2, 0) is 27.2 Å². The van der Waals surface area contributed by atoms with Gasteiger partial charge in [0.2, 0.25) is 0 Å². The van der Waals surface area contributed by atoms with E-state index < -0.39 is 0 Å². The predicted octanol–water partition coefficient (Wildman–Crippen LogP) is 7.01. The molecule has 3 heteroatoms. The minimum Gasteiger partial charge on any atom is -0.342 e. The SMILES string of the molecule is Cn1cnc2c3[c-]ccc(-c4ccccc4-c4ccccc4)c3c3ccccc3c21.[Ir]. The molecule has 1 radical (unpaired) electrons. The number of aromatic nitrogens is 2. The summed E-state index contributed by atoms with van der Waals surface area (Å²) in [6.45, 7) is 0. The Bertz CT molecular complexity index is 1550. The summed E-state index contributed by atoms with van der Waals surface area (Å²) < 4.78 is 2.11. The summed E-state index contributed by atoms with van der Waals surface area (Å²) in [5.74, 6) is 0. The Morgan fingerprint density at radius 3 is 2.19 bits per heavy atom. The number of fused-ring (bicyclic) bond motifs is 6. The van der Waals surface area contributed by atoms with Gasteiger partial charge in [0.25, 0.3) is 0 Å². The van der Waals surface area contributed by atoms with Crippen LogP contribution >= 0.6 is 0 Å². The van der Waals surface area contributed by atoms with Crippen molar-refractivity contribution in [2.75, 3.05) is 0 Å². The van der Waals surface area contributed by atoms with Crippen LogP contribution in [0.1, 0.15) is 0 Å². The fraction of sp³-hybridized carbons (Fsp3) is 0.0357. The molecule has 0 atom stereocenters. The summed E-state index contributed by atoms with van der Waals surface area (Å²) in [6.07, 6.45) is 1.90. The first-order valence-electron chi connectivity index (χ1n) is 10.1. The Labute approximate surface area is 194 Å². The zero-order chi connectivity index (χ0) is 20.1. The van der Waals surface area contributed by atoms with Gasteiger partial charge in [-0.25, -0.2) is 0 Å². The van der Waals surface area contributed by atoms with E-state index in [-0.39, 0.29) is 20.1 Å². The first-order valence-corrected chi connectivity index (χ1v) is 10.1. The molecule has 0 bridgehead atoms. The second-order valence-electron chi connectivity index (χ2n) is 7.65. The Morgan fingerprint density at radius 2 is 1.39 bits per heavy atom. The van der Waals surface area contributed by atoms with E-state index in [2.05, 4.69) is 103 Å². The quantitative estimate of drug-likeness (QED) is 0.160. The molecule has 1 heterocycles. The van der Waals surface area contributed by atoms with Crippen molar-refractivity contribution in [2.45, 2.75) is 0 Å². The van der Waals surface area contributed by atoms with Crippen molar-refractivity contribution in [1.29, 1.82) is 0 Å². The third-order valence-electron chi connectivity index (χ3n) is 5.92. The van der Waals surface area contributed by atoms with E-state index in [0.29, 0.717) is 0 Å². The average molecular weight is 576 g/mol. The normalized spacial score (nSPS) is 11.1. The number of hydrogen-bond donors (Lipinski definition) is 0. The molecule has 0 fully saturated rings. The summed E-state index contributed by atoms with van der Waals surface area (Å²) in [6, 6.07) is 35.6. The van der Waals surface area contributed by atoms with Gasteiger partial charge in [0.1, 0.15) is 0 Å². The number of hydrogen-bond acceptors (Lipinski definition) is 1. The summed E-state index contributed by atoms with van der Waals surface area (Å²) >= 11 is 0. The molecule has 31 heavy (non-hydrogen) atoms. The second kappa shape index (κ2) is 7.77. The smallest absolute Gasteiger partial charge is 0.0840 e. The van der Waals surface area contributed by atoms with Crippen LogP contribution in [0.15, 0.2) is 97.3 Å². The van der Waals surface area contributed by atoms with Gasteiger partial charge in [-0.05, 0) is 22.1 Å². The van der Waals surface area contributed by atoms with Crippen molar-refractivity contribution < 1.29 is 20.1 Å². The van der Waals surface area contributed by atoms with Crippen molar-refractivity contribution in [3.63, 3.8) is 0 Å². The van der Waals surface area contributed by atoms with E-state index in [0.717, 1.165) is 16.4 Å². The van der Waals surface area contributed by atoms with Crippen LogP contribution in [0.4, 0.5) is 0 Å². The molecule has 1 aromatic heterocycles. The van der Waals surface area contributed by atoms with E-state index in [4.69, 9.17) is 4.98 Å². The summed E-state index contributed by atoms with van der Waals surface area (Å²) in [5.41, 5.74) is 7.05. The third kappa shape index (κ3) is 3.01. The first-order chi connectivity index (χ1) is 14.8. The molecule has 0 spiro atoms. The van der Waals surface area contributed by atoms with E-state index in [9.17, 15) is 0 Å². The molecule has 0 saturated carbocycles. The molecule has 2 nitrogen and oxygen atoms in total. The van der Waals surface area contributed by atoms with Gasteiger partial charge in [0, 0.05) is 38.2 Å². The standard InChI is InChI=1S/C28H19N2.Ir/c1-30-18-29-27-25-17-9-16-22(26(25)23-14-7-8-15-24(23)28(27)30)21-13-6-5-12-20(21)19-10-3-2-4-11-19;/h2-16,18H,1H3;/q-1;. The zero-order valence-electron chi connectivity index (χ0n) is 17.0. The number of rotatable bonds is 2. The minimum absolute atomic E-state index is 0. The Morgan fingerprint density at radius 1 is 0.710 bits per heavy atom. The van der Waals surface area contributed by atoms with E-state index in [1.54, 1.807) is 0 Å². The van der Waals surface area contributed by atoms with Crippen LogP contribution in [0, 0.1) is 6.07 Å².